The molecule has 1 heterocycles. The minimum atomic E-state index is -0.175. The zero-order valence-corrected chi connectivity index (χ0v) is 19.2. The third-order valence-electron chi connectivity index (χ3n) is 5.63. The maximum Gasteiger partial charge on any atom is 0.252 e. The first-order valence-electron chi connectivity index (χ1n) is 10.9. The molecule has 0 spiro atoms. The summed E-state index contributed by atoms with van der Waals surface area (Å²) < 4.78 is 5.53. The van der Waals surface area contributed by atoms with Crippen LogP contribution >= 0.6 is 11.6 Å². The van der Waals surface area contributed by atoms with Crippen LogP contribution in [0.15, 0.2) is 29.3 Å². The zero-order chi connectivity index (χ0) is 21.8. The van der Waals surface area contributed by atoms with Crippen LogP contribution in [0.25, 0.3) is 0 Å². The number of hydrogen-bond donors (Lipinski definition) is 3. The van der Waals surface area contributed by atoms with Crippen molar-refractivity contribution in [2.24, 2.45) is 10.9 Å². The minimum Gasteiger partial charge on any atom is -0.379 e. The lowest BCUT2D eigenvalue weighted by Gasteiger charge is -2.39. The first kappa shape index (κ1) is 24.4. The summed E-state index contributed by atoms with van der Waals surface area (Å²) in [5, 5.41) is 10.1. The number of nitrogens with one attached hydrogen (secondary N) is 3. The number of hydrogen-bond acceptors (Lipinski definition) is 4. The Morgan fingerprint density at radius 2 is 1.80 bits per heavy atom. The molecule has 7 nitrogen and oxygen atoms in total. The van der Waals surface area contributed by atoms with Crippen molar-refractivity contribution < 1.29 is 9.53 Å². The monoisotopic (exact) mass is 437 g/mol. The first-order valence-corrected chi connectivity index (χ1v) is 11.3. The van der Waals surface area contributed by atoms with Gasteiger partial charge in [0.1, 0.15) is 0 Å². The molecule has 1 aromatic rings. The molecule has 0 bridgehead atoms. The third kappa shape index (κ3) is 7.45. The topological polar surface area (TPSA) is 78.0 Å². The molecular formula is C22H36ClN5O2. The second kappa shape index (κ2) is 13.5. The van der Waals surface area contributed by atoms with E-state index in [1.165, 1.54) is 0 Å². The number of amides is 1. The van der Waals surface area contributed by atoms with Gasteiger partial charge < -0.3 is 20.7 Å². The molecular weight excluding hydrogens is 402 g/mol. The fourth-order valence-electron chi connectivity index (χ4n) is 3.86. The molecule has 1 aliphatic heterocycles. The second-order valence-corrected chi connectivity index (χ2v) is 7.82. The quantitative estimate of drug-likeness (QED) is 0.297. The molecule has 30 heavy (non-hydrogen) atoms. The molecule has 1 atom stereocenters. The highest BCUT2D eigenvalue weighted by molar-refractivity contribution is 6.33. The zero-order valence-electron chi connectivity index (χ0n) is 18.4. The van der Waals surface area contributed by atoms with Gasteiger partial charge in [0.2, 0.25) is 0 Å². The molecule has 3 N–H and O–H groups in total. The van der Waals surface area contributed by atoms with Crippen molar-refractivity contribution in [1.82, 2.24) is 20.9 Å². The molecule has 1 fully saturated rings. The van der Waals surface area contributed by atoms with Gasteiger partial charge in [-0.15, -0.1) is 0 Å². The van der Waals surface area contributed by atoms with Crippen molar-refractivity contribution in [3.8, 4) is 0 Å². The molecule has 1 amide bonds. The van der Waals surface area contributed by atoms with Gasteiger partial charge in [-0.2, -0.15) is 0 Å². The van der Waals surface area contributed by atoms with Gasteiger partial charge in [-0.3, -0.25) is 14.7 Å². The Kier molecular flexibility index (Phi) is 11.0. The van der Waals surface area contributed by atoms with Gasteiger partial charge in [0.15, 0.2) is 5.96 Å². The van der Waals surface area contributed by atoms with Crippen molar-refractivity contribution in [2.45, 2.75) is 32.7 Å². The summed E-state index contributed by atoms with van der Waals surface area (Å²) in [6.07, 6.45) is 2.31. The Balaban J connectivity index is 1.79. The summed E-state index contributed by atoms with van der Waals surface area (Å²) in [5.41, 5.74) is 0.486. The molecule has 2 rings (SSSR count). The number of benzene rings is 1. The van der Waals surface area contributed by atoms with Crippen LogP contribution in [0.5, 0.6) is 0 Å². The number of halogens is 1. The van der Waals surface area contributed by atoms with E-state index in [4.69, 9.17) is 16.3 Å². The molecule has 8 heteroatoms. The number of carbonyl (C=O) groups is 1. The molecule has 0 aliphatic carbocycles. The van der Waals surface area contributed by atoms with Crippen LogP contribution in [0.1, 0.15) is 37.0 Å². The van der Waals surface area contributed by atoms with E-state index in [-0.39, 0.29) is 5.91 Å². The van der Waals surface area contributed by atoms with Crippen molar-refractivity contribution >= 4 is 23.5 Å². The van der Waals surface area contributed by atoms with E-state index in [0.29, 0.717) is 35.6 Å². The van der Waals surface area contributed by atoms with Gasteiger partial charge in [0, 0.05) is 45.8 Å². The molecule has 1 aromatic carbocycles. The van der Waals surface area contributed by atoms with E-state index in [1.807, 2.05) is 6.07 Å². The van der Waals surface area contributed by atoms with Gasteiger partial charge in [-0.05, 0) is 18.1 Å². The predicted molar refractivity (Wildman–Crippen MR) is 123 cm³/mol. The molecule has 1 unspecified atom stereocenters. The van der Waals surface area contributed by atoms with Crippen molar-refractivity contribution in [3.05, 3.63) is 34.9 Å². The summed E-state index contributed by atoms with van der Waals surface area (Å²) >= 11 is 6.07. The van der Waals surface area contributed by atoms with Crippen LogP contribution in [0.4, 0.5) is 0 Å². The smallest absolute Gasteiger partial charge is 0.252 e. The highest BCUT2D eigenvalue weighted by Crippen LogP contribution is 2.19. The summed E-state index contributed by atoms with van der Waals surface area (Å²) in [6.45, 7) is 9.95. The highest BCUT2D eigenvalue weighted by atomic mass is 35.5. The number of guanidine groups is 1. The number of morpholine rings is 1. The molecule has 168 valence electrons. The average Bonchev–Trinajstić information content (AvgIpc) is 2.78. The van der Waals surface area contributed by atoms with Crippen molar-refractivity contribution in [1.29, 1.82) is 0 Å². The minimum absolute atomic E-state index is 0.175. The van der Waals surface area contributed by atoms with Crippen molar-refractivity contribution in [2.75, 3.05) is 53.0 Å². The van der Waals surface area contributed by atoms with Crippen molar-refractivity contribution in [3.63, 3.8) is 0 Å². The van der Waals surface area contributed by atoms with Gasteiger partial charge in [0.25, 0.3) is 5.91 Å². The normalized spacial score (nSPS) is 16.4. The number of nitrogens with zero attached hydrogens (tertiary/aromatic N) is 2. The molecule has 1 saturated heterocycles. The van der Waals surface area contributed by atoms with E-state index in [2.05, 4.69) is 39.7 Å². The van der Waals surface area contributed by atoms with Gasteiger partial charge in [-0.1, -0.05) is 50.4 Å². The molecule has 1 aliphatic rings. The number of carbonyl (C=O) groups excluding carboxylic acids is 1. The summed E-state index contributed by atoms with van der Waals surface area (Å²) in [4.78, 5) is 19.1. The highest BCUT2D eigenvalue weighted by Gasteiger charge is 2.27. The first-order chi connectivity index (χ1) is 14.6. The molecule has 0 saturated carbocycles. The Bertz CT molecular complexity index is 675. The molecule has 0 radical (unpaired) electrons. The van der Waals surface area contributed by atoms with E-state index in [0.717, 1.165) is 51.6 Å². The van der Waals surface area contributed by atoms with E-state index < -0.39 is 0 Å². The van der Waals surface area contributed by atoms with Crippen LogP contribution in [0.3, 0.4) is 0 Å². The Morgan fingerprint density at radius 1 is 1.13 bits per heavy atom. The summed E-state index contributed by atoms with van der Waals surface area (Å²) in [5.74, 6) is 1.20. The van der Waals surface area contributed by atoms with Crippen LogP contribution in [0, 0.1) is 5.92 Å². The average molecular weight is 438 g/mol. The van der Waals surface area contributed by atoms with Gasteiger partial charge in [0.05, 0.1) is 23.8 Å². The largest absolute Gasteiger partial charge is 0.379 e. The molecule has 0 aromatic heterocycles. The third-order valence-corrected chi connectivity index (χ3v) is 5.96. The van der Waals surface area contributed by atoms with Crippen LogP contribution in [-0.4, -0.2) is 75.8 Å². The van der Waals surface area contributed by atoms with E-state index in [9.17, 15) is 4.79 Å². The number of rotatable bonds is 10. The Morgan fingerprint density at radius 3 is 2.43 bits per heavy atom. The van der Waals surface area contributed by atoms with E-state index >= 15 is 0 Å². The van der Waals surface area contributed by atoms with Crippen LogP contribution in [-0.2, 0) is 4.74 Å². The SMILES string of the molecule is CCC(CC)C(CNC(=NC)NCCNC(=O)c1ccccc1Cl)N1CCOCC1. The lowest BCUT2D eigenvalue weighted by atomic mass is 9.92. The van der Waals surface area contributed by atoms with E-state index in [1.54, 1.807) is 25.2 Å². The maximum absolute atomic E-state index is 12.2. The van der Waals surface area contributed by atoms with Crippen LogP contribution < -0.4 is 16.0 Å². The number of aliphatic imine (C=N–C) groups is 1. The lowest BCUT2D eigenvalue weighted by Crippen LogP contribution is -2.53. The fraction of sp³-hybridized carbons (Fsp3) is 0.636. The summed E-state index contributed by atoms with van der Waals surface area (Å²) in [7, 11) is 1.76. The fourth-order valence-corrected chi connectivity index (χ4v) is 4.08. The lowest BCUT2D eigenvalue weighted by molar-refractivity contribution is 0.00272. The second-order valence-electron chi connectivity index (χ2n) is 7.41. The standard InChI is InChI=1S/C22H36ClN5O2/c1-4-17(5-2)20(28-12-14-30-15-13-28)16-27-22(24-3)26-11-10-25-21(29)18-8-6-7-9-19(18)23/h6-9,17,20H,4-5,10-16H2,1-3H3,(H,25,29)(H2,24,26,27). The Labute approximate surface area is 185 Å². The number of ether oxygens (including phenoxy) is 1. The maximum atomic E-state index is 12.2. The Hall–Kier alpha value is -1.83. The summed E-state index contributed by atoms with van der Waals surface area (Å²) in [6, 6.07) is 7.49. The predicted octanol–water partition coefficient (Wildman–Crippen LogP) is 2.37. The van der Waals surface area contributed by atoms with Crippen LogP contribution in [0.2, 0.25) is 5.02 Å². The van der Waals surface area contributed by atoms with Gasteiger partial charge >= 0.3 is 0 Å². The van der Waals surface area contributed by atoms with Gasteiger partial charge in [-0.25, -0.2) is 0 Å².